The van der Waals surface area contributed by atoms with Gasteiger partial charge in [-0.25, -0.2) is 4.79 Å². The van der Waals surface area contributed by atoms with E-state index in [0.29, 0.717) is 29.1 Å². The largest absolute Gasteiger partial charge is 0.462 e. The fourth-order valence-corrected chi connectivity index (χ4v) is 4.53. The number of ether oxygens (including phenoxy) is 1. The number of anilines is 2. The van der Waals surface area contributed by atoms with Crippen LogP contribution in [0.5, 0.6) is 0 Å². The van der Waals surface area contributed by atoms with Crippen LogP contribution >= 0.6 is 0 Å². The summed E-state index contributed by atoms with van der Waals surface area (Å²) in [4.78, 5) is 30.0. The topological polar surface area (TPSA) is 73.9 Å². The lowest BCUT2D eigenvalue weighted by atomic mass is 9.99. The Morgan fingerprint density at radius 2 is 1.66 bits per heavy atom. The van der Waals surface area contributed by atoms with E-state index in [4.69, 9.17) is 4.74 Å². The summed E-state index contributed by atoms with van der Waals surface area (Å²) in [6.45, 7) is 5.04. The van der Waals surface area contributed by atoms with Crippen LogP contribution in [0.15, 0.2) is 72.8 Å². The SMILES string of the molecule is CCOC(=O)c1ccc2c(c1)NC(=O)/C2=C(\Nc1ccc(CN(C)CCCN(C)C)cc1)c1ccccc1. The van der Waals surface area contributed by atoms with Gasteiger partial charge in [-0.3, -0.25) is 4.79 Å². The average molecular weight is 513 g/mol. The second-order valence-corrected chi connectivity index (χ2v) is 9.77. The molecule has 4 rings (SSSR count). The number of rotatable bonds is 11. The highest BCUT2D eigenvalue weighted by molar-refractivity contribution is 6.37. The second kappa shape index (κ2) is 12.5. The van der Waals surface area contributed by atoms with Crippen molar-refractivity contribution in [1.29, 1.82) is 0 Å². The van der Waals surface area contributed by atoms with Gasteiger partial charge in [0.2, 0.25) is 0 Å². The van der Waals surface area contributed by atoms with E-state index < -0.39 is 5.97 Å². The molecule has 3 aromatic rings. The first-order chi connectivity index (χ1) is 18.4. The molecule has 0 aliphatic carbocycles. The molecule has 0 unspecified atom stereocenters. The summed E-state index contributed by atoms with van der Waals surface area (Å²) in [6.07, 6.45) is 1.13. The summed E-state index contributed by atoms with van der Waals surface area (Å²) in [5.74, 6) is -0.629. The standard InChI is InChI=1S/C31H36N4O3/c1-5-38-31(37)24-14-17-26-27(20-24)33-30(36)28(26)29(23-10-7-6-8-11-23)32-25-15-12-22(13-16-25)21-35(4)19-9-18-34(2)3/h6-8,10-17,20,32H,5,9,18-19,21H2,1-4H3,(H,33,36)/b29-28-. The number of fused-ring (bicyclic) bond motifs is 1. The smallest absolute Gasteiger partial charge is 0.338 e. The third-order valence-electron chi connectivity index (χ3n) is 6.41. The molecule has 0 fully saturated rings. The Bertz CT molecular complexity index is 1300. The molecule has 1 aliphatic rings. The Balaban J connectivity index is 1.60. The summed E-state index contributed by atoms with van der Waals surface area (Å²) in [5, 5.41) is 6.42. The minimum Gasteiger partial charge on any atom is -0.462 e. The number of carbonyl (C=O) groups is 2. The lowest BCUT2D eigenvalue weighted by Gasteiger charge is -2.19. The molecule has 0 saturated carbocycles. The first kappa shape index (κ1) is 27.1. The normalized spacial score (nSPS) is 13.9. The predicted molar refractivity (Wildman–Crippen MR) is 154 cm³/mol. The molecule has 38 heavy (non-hydrogen) atoms. The Labute approximate surface area is 225 Å². The van der Waals surface area contributed by atoms with Crippen LogP contribution in [0, 0.1) is 0 Å². The van der Waals surface area contributed by atoms with Gasteiger partial charge in [-0.15, -0.1) is 0 Å². The van der Waals surface area contributed by atoms with Crippen LogP contribution < -0.4 is 10.6 Å². The van der Waals surface area contributed by atoms with Gasteiger partial charge in [0.1, 0.15) is 0 Å². The number of amides is 1. The summed E-state index contributed by atoms with van der Waals surface area (Å²) in [5.41, 5.74) is 6.00. The van der Waals surface area contributed by atoms with Crippen molar-refractivity contribution in [3.8, 4) is 0 Å². The zero-order valence-corrected chi connectivity index (χ0v) is 22.6. The molecule has 0 bridgehead atoms. The molecule has 1 heterocycles. The van der Waals surface area contributed by atoms with Crippen molar-refractivity contribution in [2.75, 3.05) is 51.5 Å². The number of carbonyl (C=O) groups excluding carboxylic acids is 2. The minimum absolute atomic E-state index is 0.219. The van der Waals surface area contributed by atoms with Crippen molar-refractivity contribution in [3.05, 3.63) is 95.1 Å². The van der Waals surface area contributed by atoms with Crippen molar-refractivity contribution >= 4 is 34.5 Å². The van der Waals surface area contributed by atoms with Crippen molar-refractivity contribution in [3.63, 3.8) is 0 Å². The number of esters is 1. The fraction of sp³-hybridized carbons (Fsp3) is 0.290. The molecule has 1 amide bonds. The molecular weight excluding hydrogens is 476 g/mol. The Kier molecular flexibility index (Phi) is 8.94. The molecule has 1 aliphatic heterocycles. The molecule has 0 atom stereocenters. The van der Waals surface area contributed by atoms with Gasteiger partial charge in [-0.2, -0.15) is 0 Å². The third kappa shape index (κ3) is 6.68. The highest BCUT2D eigenvalue weighted by atomic mass is 16.5. The molecule has 2 N–H and O–H groups in total. The number of nitrogens with one attached hydrogen (secondary N) is 2. The molecule has 0 spiro atoms. The molecule has 7 heteroatoms. The van der Waals surface area contributed by atoms with E-state index in [1.165, 1.54) is 5.56 Å². The van der Waals surface area contributed by atoms with E-state index in [2.05, 4.69) is 53.7 Å². The quantitative estimate of drug-likeness (QED) is 0.273. The van der Waals surface area contributed by atoms with Gasteiger partial charge in [0.25, 0.3) is 5.91 Å². The van der Waals surface area contributed by atoms with Crippen LogP contribution in [0.3, 0.4) is 0 Å². The molecule has 7 nitrogen and oxygen atoms in total. The van der Waals surface area contributed by atoms with Gasteiger partial charge in [0, 0.05) is 17.8 Å². The molecule has 3 aromatic carbocycles. The summed E-state index contributed by atoms with van der Waals surface area (Å²) < 4.78 is 5.12. The number of nitrogens with zero attached hydrogens (tertiary/aromatic N) is 2. The highest BCUT2D eigenvalue weighted by Gasteiger charge is 2.29. The van der Waals surface area contributed by atoms with Crippen molar-refractivity contribution < 1.29 is 14.3 Å². The second-order valence-electron chi connectivity index (χ2n) is 9.77. The molecule has 0 saturated heterocycles. The van der Waals surface area contributed by atoms with E-state index in [0.717, 1.165) is 42.9 Å². The van der Waals surface area contributed by atoms with Gasteiger partial charge >= 0.3 is 5.97 Å². The zero-order chi connectivity index (χ0) is 27.1. The van der Waals surface area contributed by atoms with Crippen LogP contribution in [-0.2, 0) is 16.1 Å². The number of hydrogen-bond acceptors (Lipinski definition) is 6. The lowest BCUT2D eigenvalue weighted by Crippen LogP contribution is -2.23. The van der Waals surface area contributed by atoms with Gasteiger partial charge in [0.15, 0.2) is 0 Å². The monoisotopic (exact) mass is 512 g/mol. The van der Waals surface area contributed by atoms with Gasteiger partial charge in [0.05, 0.1) is 29.1 Å². The van der Waals surface area contributed by atoms with E-state index in [-0.39, 0.29) is 5.91 Å². The highest BCUT2D eigenvalue weighted by Crippen LogP contribution is 2.38. The van der Waals surface area contributed by atoms with Crippen LogP contribution in [0.25, 0.3) is 11.3 Å². The third-order valence-corrected chi connectivity index (χ3v) is 6.41. The maximum atomic E-state index is 13.2. The summed E-state index contributed by atoms with van der Waals surface area (Å²) in [7, 11) is 6.34. The molecule has 0 aromatic heterocycles. The lowest BCUT2D eigenvalue weighted by molar-refractivity contribution is -0.110. The summed E-state index contributed by atoms with van der Waals surface area (Å²) in [6, 6.07) is 23.3. The number of hydrogen-bond donors (Lipinski definition) is 2. The van der Waals surface area contributed by atoms with Crippen molar-refractivity contribution in [1.82, 2.24) is 9.80 Å². The van der Waals surface area contributed by atoms with Gasteiger partial charge in [-0.05, 0) is 83.0 Å². The fourth-order valence-electron chi connectivity index (χ4n) is 4.53. The maximum Gasteiger partial charge on any atom is 0.338 e. The minimum atomic E-state index is -0.410. The van der Waals surface area contributed by atoms with E-state index in [9.17, 15) is 9.59 Å². The van der Waals surface area contributed by atoms with E-state index in [1.807, 2.05) is 42.5 Å². The van der Waals surface area contributed by atoms with Crippen LogP contribution in [-0.4, -0.2) is 62.5 Å². The molecular formula is C31H36N4O3. The van der Waals surface area contributed by atoms with Crippen molar-refractivity contribution in [2.24, 2.45) is 0 Å². The predicted octanol–water partition coefficient (Wildman–Crippen LogP) is 5.18. The van der Waals surface area contributed by atoms with Crippen molar-refractivity contribution in [2.45, 2.75) is 19.9 Å². The van der Waals surface area contributed by atoms with Gasteiger partial charge < -0.3 is 25.2 Å². The zero-order valence-electron chi connectivity index (χ0n) is 22.6. The van der Waals surface area contributed by atoms with Crippen LogP contribution in [0.2, 0.25) is 0 Å². The van der Waals surface area contributed by atoms with E-state index >= 15 is 0 Å². The first-order valence-electron chi connectivity index (χ1n) is 13.0. The summed E-state index contributed by atoms with van der Waals surface area (Å²) >= 11 is 0. The maximum absolute atomic E-state index is 13.2. The molecule has 0 radical (unpaired) electrons. The molecule has 198 valence electrons. The Morgan fingerprint density at radius 3 is 2.34 bits per heavy atom. The first-order valence-corrected chi connectivity index (χ1v) is 13.0. The average Bonchev–Trinajstić information content (AvgIpc) is 3.23. The van der Waals surface area contributed by atoms with E-state index in [1.54, 1.807) is 25.1 Å². The van der Waals surface area contributed by atoms with Crippen LogP contribution in [0.4, 0.5) is 11.4 Å². The Morgan fingerprint density at radius 1 is 0.921 bits per heavy atom. The number of benzene rings is 3. The Hall–Kier alpha value is -3.94. The van der Waals surface area contributed by atoms with Crippen LogP contribution in [0.1, 0.15) is 40.4 Å². The van der Waals surface area contributed by atoms with Gasteiger partial charge in [-0.1, -0.05) is 48.5 Å².